The maximum Gasteiger partial charge on any atom is 0.294 e. The number of nitrogens with one attached hydrogen (secondary N) is 1. The van der Waals surface area contributed by atoms with Crippen LogP contribution in [0.15, 0.2) is 106 Å². The quantitative estimate of drug-likeness (QED) is 0.0148. The van der Waals surface area contributed by atoms with Crippen LogP contribution in [-0.2, 0) is 62.5 Å². The standard InChI is InChI=1S/C45H56N6O13S4/c1-44(24-7-28-65(53,54)55)37-30-35(67(59,60)61)18-20-39(37)50(3)41(44)22-16-34(33-14-12-32(13-15-33)10-5-6-11-43(52)47-26-9-27-48-49-46)17-23-42-45(2,25-8-29-66(56,57)58)38-31-36(68(62,63)64)19-21-40(38)51(42)4/h12-23,30-31H,5-11,24-29H2,1-4H3,(H4-,47,52,53,54,55,56,57,58,59,60,61,62,63,64). The second kappa shape index (κ2) is 21.6. The van der Waals surface area contributed by atoms with Gasteiger partial charge < -0.3 is 14.8 Å². The number of hydrogen-bond donors (Lipinski definition) is 4. The van der Waals surface area contributed by atoms with E-state index in [2.05, 4.69) is 15.3 Å². The Morgan fingerprint density at radius 2 is 1.46 bits per heavy atom. The Morgan fingerprint density at radius 1 is 0.838 bits per heavy atom. The fourth-order valence-electron chi connectivity index (χ4n) is 9.00. The number of unbranched alkanes of at least 4 members (excludes halogenated alkanes) is 1. The van der Waals surface area contributed by atoms with Crippen LogP contribution in [0.1, 0.15) is 87.5 Å². The van der Waals surface area contributed by atoms with Crippen LogP contribution in [0.3, 0.4) is 0 Å². The van der Waals surface area contributed by atoms with Gasteiger partial charge in [-0.3, -0.25) is 18.5 Å². The average Bonchev–Trinajstić information content (AvgIpc) is 3.58. The molecule has 2 atom stereocenters. The van der Waals surface area contributed by atoms with E-state index in [0.717, 1.165) is 17.5 Å². The zero-order valence-corrected chi connectivity index (χ0v) is 41.3. The van der Waals surface area contributed by atoms with E-state index >= 15 is 0 Å². The van der Waals surface area contributed by atoms with Crippen molar-refractivity contribution in [1.82, 2.24) is 5.32 Å². The van der Waals surface area contributed by atoms with Crippen LogP contribution in [0.25, 0.3) is 16.0 Å². The van der Waals surface area contributed by atoms with E-state index in [1.165, 1.54) is 30.3 Å². The first-order valence-electron chi connectivity index (χ1n) is 21.6. The minimum absolute atomic E-state index is 0.00568. The highest BCUT2D eigenvalue weighted by Gasteiger charge is 2.47. The SMILES string of the molecule is CN1/C(=C/C=C(/C=C/C2=[N+](C)c3ccc(S(=O)(=O)[O-])cc3C2(C)CCCS(=O)(=O)O)c2ccc(CCCCC(=O)NCCCN=[N+]=[N-])cc2)C(C)(CCCS(=O)(=O)O)c2cc(S(=O)(=O)O)ccc21. The Labute approximate surface area is 398 Å². The van der Waals surface area contributed by atoms with Gasteiger partial charge in [-0.25, -0.2) is 8.42 Å². The highest BCUT2D eigenvalue weighted by molar-refractivity contribution is 7.86. The first kappa shape index (κ1) is 53.7. The number of hydrogen-bond acceptors (Lipinski definition) is 12. The van der Waals surface area contributed by atoms with Crippen LogP contribution in [0.4, 0.5) is 11.4 Å². The molecule has 2 aliphatic heterocycles. The fraction of sp³-hybridized carbons (Fsp3) is 0.422. The van der Waals surface area contributed by atoms with Crippen LogP contribution >= 0.6 is 0 Å². The van der Waals surface area contributed by atoms with Gasteiger partial charge in [-0.05, 0) is 135 Å². The molecule has 68 heavy (non-hydrogen) atoms. The molecule has 0 saturated heterocycles. The molecule has 3 aromatic carbocycles. The third-order valence-electron chi connectivity index (χ3n) is 12.5. The van der Waals surface area contributed by atoms with E-state index in [1.807, 2.05) is 58.9 Å². The summed E-state index contributed by atoms with van der Waals surface area (Å²) in [5, 5.41) is 6.26. The van der Waals surface area contributed by atoms with Crippen molar-refractivity contribution in [3.63, 3.8) is 0 Å². The molecule has 0 radical (unpaired) electrons. The van der Waals surface area contributed by atoms with Gasteiger partial charge in [0.15, 0.2) is 5.71 Å². The number of rotatable bonds is 23. The summed E-state index contributed by atoms with van der Waals surface area (Å²) in [5.74, 6) is -1.22. The molecule has 0 saturated carbocycles. The lowest BCUT2D eigenvalue weighted by atomic mass is 9.75. The van der Waals surface area contributed by atoms with Gasteiger partial charge in [-0.2, -0.15) is 29.8 Å². The monoisotopic (exact) mass is 1020 g/mol. The third-order valence-corrected chi connectivity index (χ3v) is 15.8. The zero-order valence-electron chi connectivity index (χ0n) is 38.1. The molecule has 2 aliphatic rings. The van der Waals surface area contributed by atoms with Crippen molar-refractivity contribution in [1.29, 1.82) is 0 Å². The summed E-state index contributed by atoms with van der Waals surface area (Å²) >= 11 is 0. The van der Waals surface area contributed by atoms with E-state index in [0.29, 0.717) is 78.3 Å². The molecule has 0 aromatic heterocycles. The maximum atomic E-state index is 12.3. The van der Waals surface area contributed by atoms with Crippen molar-refractivity contribution in [2.45, 2.75) is 92.3 Å². The number of allylic oxidation sites excluding steroid dienone is 6. The molecular weight excluding hydrogens is 961 g/mol. The second-order valence-corrected chi connectivity index (χ2v) is 23.2. The van der Waals surface area contributed by atoms with Gasteiger partial charge in [0.2, 0.25) is 11.6 Å². The minimum atomic E-state index is -4.87. The summed E-state index contributed by atoms with van der Waals surface area (Å²) in [6, 6.07) is 15.9. The van der Waals surface area contributed by atoms with Gasteiger partial charge in [0.25, 0.3) is 30.4 Å². The average molecular weight is 1020 g/mol. The number of azide groups is 1. The Kier molecular flexibility index (Phi) is 17.1. The van der Waals surface area contributed by atoms with Gasteiger partial charge >= 0.3 is 0 Å². The summed E-state index contributed by atoms with van der Waals surface area (Å²) in [4.78, 5) is 16.0. The number of anilines is 1. The lowest BCUT2D eigenvalue weighted by Crippen LogP contribution is -2.31. The topological polar surface area (TPSA) is 304 Å². The molecular formula is C45H56N6O13S4. The predicted octanol–water partition coefficient (Wildman–Crippen LogP) is 6.62. The fourth-order valence-corrected chi connectivity index (χ4v) is 11.0. The molecule has 0 aliphatic carbocycles. The normalized spacial score (nSPS) is 19.4. The Hall–Kier alpha value is -5.23. The number of carbonyl (C=O) groups is 1. The molecule has 2 unspecified atom stereocenters. The molecule has 19 nitrogen and oxygen atoms in total. The number of nitrogens with zero attached hydrogens (tertiary/aromatic N) is 5. The van der Waals surface area contributed by atoms with Gasteiger partial charge in [0.05, 0.1) is 26.7 Å². The summed E-state index contributed by atoms with van der Waals surface area (Å²) < 4.78 is 139. The Morgan fingerprint density at radius 3 is 2.06 bits per heavy atom. The molecule has 368 valence electrons. The van der Waals surface area contributed by atoms with E-state index in [9.17, 15) is 56.7 Å². The number of amides is 1. The van der Waals surface area contributed by atoms with Crippen molar-refractivity contribution in [3.8, 4) is 0 Å². The lowest BCUT2D eigenvalue weighted by molar-refractivity contribution is -0.401. The van der Waals surface area contributed by atoms with Gasteiger partial charge in [-0.15, -0.1) is 0 Å². The third kappa shape index (κ3) is 13.5. The van der Waals surface area contributed by atoms with Gasteiger partial charge in [0, 0.05) is 66.0 Å². The number of likely N-dealkylation sites (N-methyl/N-ethyl adjacent to an activating group) is 1. The zero-order chi connectivity index (χ0) is 50.3. The summed E-state index contributed by atoms with van der Waals surface area (Å²) in [5.41, 5.74) is 12.0. The second-order valence-electron chi connectivity index (χ2n) is 17.3. The van der Waals surface area contributed by atoms with Crippen LogP contribution in [0.5, 0.6) is 0 Å². The first-order valence-corrected chi connectivity index (χ1v) is 27.7. The van der Waals surface area contributed by atoms with E-state index in [1.54, 1.807) is 33.2 Å². The summed E-state index contributed by atoms with van der Waals surface area (Å²) in [6.45, 7) is 4.31. The van der Waals surface area contributed by atoms with E-state index in [4.69, 9.17) is 5.53 Å². The number of aryl methyl sites for hydroxylation is 1. The molecule has 0 bridgehead atoms. The first-order chi connectivity index (χ1) is 31.7. The highest BCUT2D eigenvalue weighted by Crippen LogP contribution is 2.51. The van der Waals surface area contributed by atoms with Crippen molar-refractivity contribution < 1.29 is 61.3 Å². The highest BCUT2D eigenvalue weighted by atomic mass is 32.2. The van der Waals surface area contributed by atoms with Crippen LogP contribution in [-0.4, -0.2) is 107 Å². The molecule has 0 spiro atoms. The largest absolute Gasteiger partial charge is 0.744 e. The van der Waals surface area contributed by atoms with E-state index < -0.39 is 67.7 Å². The summed E-state index contributed by atoms with van der Waals surface area (Å²) in [6.07, 6.45) is 10.4. The van der Waals surface area contributed by atoms with Crippen molar-refractivity contribution in [3.05, 3.63) is 123 Å². The maximum absolute atomic E-state index is 12.3. The van der Waals surface area contributed by atoms with Crippen LogP contribution < -0.4 is 10.2 Å². The van der Waals surface area contributed by atoms with Crippen LogP contribution in [0.2, 0.25) is 0 Å². The lowest BCUT2D eigenvalue weighted by Gasteiger charge is -2.29. The minimum Gasteiger partial charge on any atom is -0.744 e. The van der Waals surface area contributed by atoms with Gasteiger partial charge in [0.1, 0.15) is 17.2 Å². The molecule has 2 heterocycles. The molecule has 0 fully saturated rings. The van der Waals surface area contributed by atoms with Crippen molar-refractivity contribution in [2.24, 2.45) is 5.11 Å². The molecule has 3 aromatic rings. The van der Waals surface area contributed by atoms with Crippen molar-refractivity contribution >= 4 is 69.0 Å². The molecule has 4 N–H and O–H groups in total. The Balaban J connectivity index is 1.58. The number of benzene rings is 3. The number of fused-ring (bicyclic) bond motifs is 2. The molecule has 1 amide bonds. The smallest absolute Gasteiger partial charge is 0.294 e. The molecule has 5 rings (SSSR count). The summed E-state index contributed by atoms with van der Waals surface area (Å²) in [7, 11) is -14.7. The van der Waals surface area contributed by atoms with E-state index in [-0.39, 0.29) is 36.5 Å². The van der Waals surface area contributed by atoms with Gasteiger partial charge in [-0.1, -0.05) is 35.5 Å². The van der Waals surface area contributed by atoms with Crippen LogP contribution in [0, 0.1) is 0 Å². The van der Waals surface area contributed by atoms with Crippen molar-refractivity contribution in [2.75, 3.05) is 43.6 Å². The number of carbonyl (C=O) groups excluding carboxylic acids is 1. The Bertz CT molecular complexity index is 3060. The molecule has 23 heteroatoms. The predicted molar refractivity (Wildman–Crippen MR) is 257 cm³/mol.